The van der Waals surface area contributed by atoms with E-state index in [1.54, 1.807) is 0 Å². The molecule has 2 N–H and O–H groups in total. The van der Waals surface area contributed by atoms with E-state index in [4.69, 9.17) is 9.52 Å². The molecule has 0 saturated heterocycles. The Bertz CT molecular complexity index is 502. The molecule has 1 aliphatic carbocycles. The molecule has 1 aliphatic rings. The molecule has 1 fully saturated rings. The molecule has 19 heavy (non-hydrogen) atoms. The zero-order valence-corrected chi connectivity index (χ0v) is 11.9. The Morgan fingerprint density at radius 3 is 2.63 bits per heavy atom. The van der Waals surface area contributed by atoms with E-state index in [0.29, 0.717) is 5.92 Å². The molecule has 0 bridgehead atoms. The summed E-state index contributed by atoms with van der Waals surface area (Å²) in [5.74, 6) is 0.654. The lowest BCUT2D eigenvalue weighted by Gasteiger charge is -2.27. The van der Waals surface area contributed by atoms with Crippen molar-refractivity contribution < 1.29 is 17.9 Å². The molecule has 0 spiro atoms. The Labute approximate surface area is 114 Å². The minimum Gasteiger partial charge on any atom is -0.446 e. The fourth-order valence-electron chi connectivity index (χ4n) is 2.62. The summed E-state index contributed by atoms with van der Waals surface area (Å²) in [6, 6.07) is 2.76. The van der Waals surface area contributed by atoms with Gasteiger partial charge < -0.3 is 9.52 Å². The standard InChI is InChI=1S/C13H21NO4S/c1-10(11-5-3-2-4-6-11)14-19(16,17)13-8-7-12(9-15)18-13/h7-8,10-11,14-15H,2-6,9H2,1H3. The summed E-state index contributed by atoms with van der Waals surface area (Å²) in [6.45, 7) is 1.61. The molecule has 1 unspecified atom stereocenters. The Hall–Kier alpha value is -0.850. The van der Waals surface area contributed by atoms with Crippen LogP contribution in [0.25, 0.3) is 0 Å². The van der Waals surface area contributed by atoms with Crippen molar-refractivity contribution >= 4 is 10.0 Å². The third-order valence-corrected chi connectivity index (χ3v) is 5.19. The number of hydrogen-bond donors (Lipinski definition) is 2. The maximum absolute atomic E-state index is 12.1. The van der Waals surface area contributed by atoms with Gasteiger partial charge in [0.1, 0.15) is 12.4 Å². The van der Waals surface area contributed by atoms with E-state index < -0.39 is 10.0 Å². The molecule has 0 aliphatic heterocycles. The normalized spacial score (nSPS) is 19.5. The largest absolute Gasteiger partial charge is 0.446 e. The van der Waals surface area contributed by atoms with Gasteiger partial charge >= 0.3 is 0 Å². The molecule has 1 aromatic heterocycles. The maximum Gasteiger partial charge on any atom is 0.274 e. The van der Waals surface area contributed by atoms with Gasteiger partial charge in [-0.25, -0.2) is 13.1 Å². The number of aliphatic hydroxyl groups is 1. The zero-order valence-electron chi connectivity index (χ0n) is 11.1. The van der Waals surface area contributed by atoms with Crippen LogP contribution in [-0.2, 0) is 16.6 Å². The Kier molecular flexibility index (Phi) is 4.65. The molecule has 5 nitrogen and oxygen atoms in total. The summed E-state index contributed by atoms with van der Waals surface area (Å²) < 4.78 is 32.0. The lowest BCUT2D eigenvalue weighted by atomic mass is 9.85. The number of furan rings is 1. The first-order chi connectivity index (χ1) is 9.03. The molecule has 1 saturated carbocycles. The Morgan fingerprint density at radius 2 is 2.05 bits per heavy atom. The van der Waals surface area contributed by atoms with Crippen molar-refractivity contribution in [3.63, 3.8) is 0 Å². The Balaban J connectivity index is 2.03. The van der Waals surface area contributed by atoms with E-state index >= 15 is 0 Å². The number of hydrogen-bond acceptors (Lipinski definition) is 4. The van der Waals surface area contributed by atoms with Crippen molar-refractivity contribution in [1.29, 1.82) is 0 Å². The summed E-state index contributed by atoms with van der Waals surface area (Å²) in [7, 11) is -3.63. The van der Waals surface area contributed by atoms with E-state index in [9.17, 15) is 8.42 Å². The smallest absolute Gasteiger partial charge is 0.274 e. The minimum absolute atomic E-state index is 0.0898. The van der Waals surface area contributed by atoms with Gasteiger partial charge in [-0.05, 0) is 37.8 Å². The van der Waals surface area contributed by atoms with Gasteiger partial charge in [-0.3, -0.25) is 0 Å². The highest BCUT2D eigenvalue weighted by atomic mass is 32.2. The number of rotatable bonds is 5. The molecule has 0 aromatic carbocycles. The van der Waals surface area contributed by atoms with Gasteiger partial charge in [0, 0.05) is 6.04 Å². The van der Waals surface area contributed by atoms with E-state index in [1.807, 2.05) is 6.92 Å². The first-order valence-electron chi connectivity index (χ1n) is 6.75. The molecule has 1 atom stereocenters. The van der Waals surface area contributed by atoms with E-state index in [-0.39, 0.29) is 23.5 Å². The van der Waals surface area contributed by atoms with Gasteiger partial charge in [0.25, 0.3) is 10.0 Å². The highest BCUT2D eigenvalue weighted by Crippen LogP contribution is 2.27. The quantitative estimate of drug-likeness (QED) is 0.868. The third kappa shape index (κ3) is 3.58. The highest BCUT2D eigenvalue weighted by Gasteiger charge is 2.26. The van der Waals surface area contributed by atoms with Crippen LogP contribution in [-0.4, -0.2) is 19.6 Å². The SMILES string of the molecule is CC(NS(=O)(=O)c1ccc(CO)o1)C1CCCCC1. The maximum atomic E-state index is 12.1. The lowest BCUT2D eigenvalue weighted by molar-refractivity contribution is 0.235. The van der Waals surface area contributed by atoms with Gasteiger partial charge in [0.05, 0.1) is 0 Å². The summed E-state index contributed by atoms with van der Waals surface area (Å²) in [5, 5.41) is 8.77. The molecule has 0 radical (unpaired) electrons. The molecular formula is C13H21NO4S. The third-order valence-electron chi connectivity index (χ3n) is 3.76. The predicted octanol–water partition coefficient (Wildman–Crippen LogP) is 2.02. The van der Waals surface area contributed by atoms with Gasteiger partial charge in [-0.15, -0.1) is 0 Å². The summed E-state index contributed by atoms with van der Waals surface area (Å²) >= 11 is 0. The van der Waals surface area contributed by atoms with Crippen molar-refractivity contribution in [2.24, 2.45) is 5.92 Å². The van der Waals surface area contributed by atoms with Crippen LogP contribution in [0.5, 0.6) is 0 Å². The van der Waals surface area contributed by atoms with Crippen molar-refractivity contribution in [3.8, 4) is 0 Å². The highest BCUT2D eigenvalue weighted by molar-refractivity contribution is 7.89. The number of aliphatic hydroxyl groups excluding tert-OH is 1. The average Bonchev–Trinajstić information content (AvgIpc) is 2.89. The van der Waals surface area contributed by atoms with Crippen LogP contribution in [0.15, 0.2) is 21.6 Å². The van der Waals surface area contributed by atoms with Crippen LogP contribution in [0.2, 0.25) is 0 Å². The summed E-state index contributed by atoms with van der Waals surface area (Å²) in [5.41, 5.74) is 0. The monoisotopic (exact) mass is 287 g/mol. The van der Waals surface area contributed by atoms with Crippen LogP contribution in [0, 0.1) is 5.92 Å². The van der Waals surface area contributed by atoms with Gasteiger partial charge in [0.15, 0.2) is 0 Å². The first-order valence-corrected chi connectivity index (χ1v) is 8.23. The first kappa shape index (κ1) is 14.6. The van der Waals surface area contributed by atoms with Gasteiger partial charge in [0.2, 0.25) is 5.09 Å². The second kappa shape index (κ2) is 6.07. The van der Waals surface area contributed by atoms with Crippen molar-refractivity contribution in [2.45, 2.75) is 56.8 Å². The molecule has 1 heterocycles. The lowest BCUT2D eigenvalue weighted by Crippen LogP contribution is -2.38. The molecule has 0 amide bonds. The number of nitrogens with one attached hydrogen (secondary N) is 1. The molecular weight excluding hydrogens is 266 g/mol. The molecule has 6 heteroatoms. The summed E-state index contributed by atoms with van der Waals surface area (Å²) in [6.07, 6.45) is 5.74. The van der Waals surface area contributed by atoms with Crippen molar-refractivity contribution in [2.75, 3.05) is 0 Å². The second-order valence-corrected chi connectivity index (χ2v) is 6.83. The zero-order chi connectivity index (χ0) is 13.9. The van der Waals surface area contributed by atoms with Crippen LogP contribution in [0.4, 0.5) is 0 Å². The molecule has 1 aromatic rings. The predicted molar refractivity (Wildman–Crippen MR) is 71.0 cm³/mol. The van der Waals surface area contributed by atoms with Crippen LogP contribution >= 0.6 is 0 Å². The fraction of sp³-hybridized carbons (Fsp3) is 0.692. The minimum atomic E-state index is -3.63. The van der Waals surface area contributed by atoms with E-state index in [1.165, 1.54) is 31.4 Å². The van der Waals surface area contributed by atoms with Gasteiger partial charge in [-0.1, -0.05) is 19.3 Å². The molecule has 108 valence electrons. The van der Waals surface area contributed by atoms with Crippen LogP contribution in [0.1, 0.15) is 44.8 Å². The van der Waals surface area contributed by atoms with E-state index in [0.717, 1.165) is 12.8 Å². The van der Waals surface area contributed by atoms with E-state index in [2.05, 4.69) is 4.72 Å². The average molecular weight is 287 g/mol. The second-order valence-electron chi connectivity index (χ2n) is 5.19. The van der Waals surface area contributed by atoms with Crippen LogP contribution in [0.3, 0.4) is 0 Å². The van der Waals surface area contributed by atoms with Crippen molar-refractivity contribution in [3.05, 3.63) is 17.9 Å². The topological polar surface area (TPSA) is 79.5 Å². The van der Waals surface area contributed by atoms with Crippen LogP contribution < -0.4 is 4.72 Å². The Morgan fingerprint density at radius 1 is 1.37 bits per heavy atom. The summed E-state index contributed by atoms with van der Waals surface area (Å²) in [4.78, 5) is 0. The fourth-order valence-corrected chi connectivity index (χ4v) is 3.88. The van der Waals surface area contributed by atoms with Crippen molar-refractivity contribution in [1.82, 2.24) is 4.72 Å². The molecule has 2 rings (SSSR count). The van der Waals surface area contributed by atoms with Gasteiger partial charge in [-0.2, -0.15) is 0 Å². The number of sulfonamides is 1.